The number of benzene rings is 2. The Morgan fingerprint density at radius 1 is 0.769 bits per heavy atom. The van der Waals surface area contributed by atoms with Gasteiger partial charge in [-0.1, -0.05) is 30.3 Å². The number of carbonyl (C=O) groups excluding carboxylic acids is 1. The molecule has 1 amide bonds. The summed E-state index contributed by atoms with van der Waals surface area (Å²) in [5.74, 6) is -2.98. The highest BCUT2D eigenvalue weighted by molar-refractivity contribution is 5.95. The van der Waals surface area contributed by atoms with Gasteiger partial charge in [-0.3, -0.25) is 4.79 Å². The van der Waals surface area contributed by atoms with Gasteiger partial charge in [0, 0.05) is 5.56 Å². The Hall–Kier alpha value is -2.78. The van der Waals surface area contributed by atoms with Crippen molar-refractivity contribution in [2.45, 2.75) is 18.0 Å². The minimum atomic E-state index is -6.03. The minimum Gasteiger partial charge on any atom is -0.345 e. The van der Waals surface area contributed by atoms with Crippen molar-refractivity contribution < 1.29 is 35.5 Å². The van der Waals surface area contributed by atoms with Gasteiger partial charge in [0.15, 0.2) is 0 Å². The van der Waals surface area contributed by atoms with Gasteiger partial charge in [-0.05, 0) is 24.3 Å². The van der Waals surface area contributed by atoms with E-state index in [1.54, 1.807) is 0 Å². The highest BCUT2D eigenvalue weighted by Gasteiger charge is 2.72. The van der Waals surface area contributed by atoms with Crippen molar-refractivity contribution in [2.24, 2.45) is 0 Å². The van der Waals surface area contributed by atoms with Crippen molar-refractivity contribution in [2.75, 3.05) is 5.32 Å². The van der Waals surface area contributed by atoms with Crippen LogP contribution in [0.2, 0.25) is 0 Å². The fourth-order valence-electron chi connectivity index (χ4n) is 2.07. The maximum Gasteiger partial charge on any atom is 0.439 e. The van der Waals surface area contributed by atoms with Crippen molar-refractivity contribution in [3.63, 3.8) is 0 Å². The highest BCUT2D eigenvalue weighted by Crippen LogP contribution is 2.44. The number of para-hydroxylation sites is 1. The molecule has 0 atom stereocenters. The summed E-state index contributed by atoms with van der Waals surface area (Å²) >= 11 is 0. The topological polar surface area (TPSA) is 41.1 Å². The van der Waals surface area contributed by atoms with E-state index in [0.29, 0.717) is 12.1 Å². The summed E-state index contributed by atoms with van der Waals surface area (Å²) in [5.41, 5.74) is -6.40. The zero-order valence-corrected chi connectivity index (χ0v) is 12.8. The molecular formula is C16H11F7N2O. The summed E-state index contributed by atoms with van der Waals surface area (Å²) in [5, 5.41) is 2.02. The summed E-state index contributed by atoms with van der Waals surface area (Å²) in [6.07, 6.45) is -12.1. The van der Waals surface area contributed by atoms with Crippen LogP contribution in [0.3, 0.4) is 0 Å². The second kappa shape index (κ2) is 6.85. The minimum absolute atomic E-state index is 0.430. The van der Waals surface area contributed by atoms with Gasteiger partial charge in [0.2, 0.25) is 0 Å². The molecule has 2 aromatic carbocycles. The lowest BCUT2D eigenvalue weighted by Crippen LogP contribution is -2.72. The Morgan fingerprint density at radius 2 is 1.27 bits per heavy atom. The van der Waals surface area contributed by atoms with E-state index in [-0.39, 0.29) is 0 Å². The molecule has 0 saturated carbocycles. The predicted molar refractivity (Wildman–Crippen MR) is 78.8 cm³/mol. The quantitative estimate of drug-likeness (QED) is 0.606. The van der Waals surface area contributed by atoms with Crippen LogP contribution in [0.4, 0.5) is 36.4 Å². The van der Waals surface area contributed by atoms with Crippen LogP contribution in [0.25, 0.3) is 0 Å². The lowest BCUT2D eigenvalue weighted by molar-refractivity contribution is -0.294. The number of alkyl halides is 6. The van der Waals surface area contributed by atoms with Crippen LogP contribution in [0.5, 0.6) is 0 Å². The molecular weight excluding hydrogens is 369 g/mol. The Kier molecular flexibility index (Phi) is 5.15. The third-order valence-corrected chi connectivity index (χ3v) is 3.38. The second-order valence-electron chi connectivity index (χ2n) is 5.17. The predicted octanol–water partition coefficient (Wildman–Crippen LogP) is 4.49. The summed E-state index contributed by atoms with van der Waals surface area (Å²) < 4.78 is 94.3. The summed E-state index contributed by atoms with van der Waals surface area (Å²) in [6, 6.07) is 9.54. The number of hydrogen-bond donors (Lipinski definition) is 2. The average Bonchev–Trinajstić information content (AvgIpc) is 2.54. The third-order valence-electron chi connectivity index (χ3n) is 3.38. The number of halogens is 7. The molecule has 2 aromatic rings. The van der Waals surface area contributed by atoms with Gasteiger partial charge in [-0.25, -0.2) is 4.39 Å². The molecule has 2 rings (SSSR count). The van der Waals surface area contributed by atoms with Crippen molar-refractivity contribution in [3.05, 3.63) is 66.0 Å². The molecule has 10 heteroatoms. The zero-order chi connectivity index (χ0) is 19.6. The molecule has 0 aromatic heterocycles. The maximum absolute atomic E-state index is 13.6. The fourth-order valence-corrected chi connectivity index (χ4v) is 2.07. The molecule has 3 nitrogen and oxygen atoms in total. The highest BCUT2D eigenvalue weighted by atomic mass is 19.4. The van der Waals surface area contributed by atoms with Crippen LogP contribution < -0.4 is 10.6 Å². The van der Waals surface area contributed by atoms with Gasteiger partial charge in [0.05, 0.1) is 5.69 Å². The first kappa shape index (κ1) is 19.5. The van der Waals surface area contributed by atoms with Crippen molar-refractivity contribution in [3.8, 4) is 0 Å². The molecule has 0 aliphatic carbocycles. The van der Waals surface area contributed by atoms with E-state index in [2.05, 4.69) is 0 Å². The normalized spacial score (nSPS) is 12.6. The van der Waals surface area contributed by atoms with Gasteiger partial charge < -0.3 is 10.6 Å². The van der Waals surface area contributed by atoms with E-state index in [4.69, 9.17) is 0 Å². The van der Waals surface area contributed by atoms with Crippen LogP contribution in [-0.2, 0) is 0 Å². The summed E-state index contributed by atoms with van der Waals surface area (Å²) in [7, 11) is 0. The molecule has 0 spiro atoms. The molecule has 2 N–H and O–H groups in total. The second-order valence-corrected chi connectivity index (χ2v) is 5.17. The molecule has 0 aliphatic rings. The number of nitrogens with one attached hydrogen (secondary N) is 2. The number of carbonyl (C=O) groups is 1. The van der Waals surface area contributed by atoms with Crippen molar-refractivity contribution >= 4 is 11.6 Å². The smallest absolute Gasteiger partial charge is 0.345 e. The molecule has 0 heterocycles. The van der Waals surface area contributed by atoms with E-state index in [1.165, 1.54) is 18.2 Å². The van der Waals surface area contributed by atoms with Gasteiger partial charge in [0.1, 0.15) is 5.82 Å². The lowest BCUT2D eigenvalue weighted by atomic mass is 10.1. The van der Waals surface area contributed by atoms with E-state index < -0.39 is 41.0 Å². The molecule has 0 saturated heterocycles. The first-order chi connectivity index (χ1) is 12.0. The van der Waals surface area contributed by atoms with E-state index in [9.17, 15) is 35.5 Å². The van der Waals surface area contributed by atoms with Crippen LogP contribution in [0, 0.1) is 5.82 Å². The number of hydrogen-bond acceptors (Lipinski definition) is 2. The van der Waals surface area contributed by atoms with Crippen LogP contribution in [-0.4, -0.2) is 23.9 Å². The molecule has 0 radical (unpaired) electrons. The Labute approximate surface area is 142 Å². The molecule has 0 fully saturated rings. The van der Waals surface area contributed by atoms with Crippen LogP contribution in [0.1, 0.15) is 10.4 Å². The van der Waals surface area contributed by atoms with Gasteiger partial charge in [-0.2, -0.15) is 26.3 Å². The Morgan fingerprint density at radius 3 is 1.77 bits per heavy atom. The van der Waals surface area contributed by atoms with Gasteiger partial charge in [-0.15, -0.1) is 0 Å². The maximum atomic E-state index is 13.6. The van der Waals surface area contributed by atoms with E-state index in [0.717, 1.165) is 34.9 Å². The van der Waals surface area contributed by atoms with Crippen LogP contribution in [0.15, 0.2) is 54.6 Å². The van der Waals surface area contributed by atoms with Gasteiger partial charge >= 0.3 is 18.0 Å². The Balaban J connectivity index is 2.54. The summed E-state index contributed by atoms with van der Waals surface area (Å²) in [6.45, 7) is 0. The standard InChI is InChI=1S/C16H11F7N2O/c17-11-8-4-5-9-12(11)24-14(15(18,19)20,16(21,22)23)25-13(26)10-6-2-1-3-7-10/h1-9,24H,(H,25,26). The first-order valence-electron chi connectivity index (χ1n) is 7.02. The largest absolute Gasteiger partial charge is 0.439 e. The molecule has 26 heavy (non-hydrogen) atoms. The SMILES string of the molecule is O=C(NC(Nc1ccccc1F)(C(F)(F)F)C(F)(F)F)c1ccccc1. The number of amides is 1. The monoisotopic (exact) mass is 380 g/mol. The van der Waals surface area contributed by atoms with Crippen molar-refractivity contribution in [1.82, 2.24) is 5.32 Å². The molecule has 0 aliphatic heterocycles. The van der Waals surface area contributed by atoms with Crippen LogP contribution >= 0.6 is 0 Å². The number of rotatable bonds is 4. The fraction of sp³-hybridized carbons (Fsp3) is 0.188. The molecule has 0 unspecified atom stereocenters. The molecule has 0 bridgehead atoms. The van der Waals surface area contributed by atoms with Crippen molar-refractivity contribution in [1.29, 1.82) is 0 Å². The third kappa shape index (κ3) is 3.73. The van der Waals surface area contributed by atoms with E-state index in [1.807, 2.05) is 0 Å². The summed E-state index contributed by atoms with van der Waals surface area (Å²) in [4.78, 5) is 12.0. The number of anilines is 1. The lowest BCUT2D eigenvalue weighted by Gasteiger charge is -2.39. The van der Waals surface area contributed by atoms with Gasteiger partial charge in [0.25, 0.3) is 5.91 Å². The molecule has 140 valence electrons. The van der Waals surface area contributed by atoms with E-state index >= 15 is 0 Å². The Bertz CT molecular complexity index is 758. The zero-order valence-electron chi connectivity index (χ0n) is 12.8. The first-order valence-corrected chi connectivity index (χ1v) is 7.02. The average molecular weight is 380 g/mol.